The highest BCUT2D eigenvalue weighted by Gasteiger charge is 2.22. The monoisotopic (exact) mass is 342 g/mol. The average Bonchev–Trinajstić information content (AvgIpc) is 2.77. The minimum absolute atomic E-state index is 0.204. The quantitative estimate of drug-likeness (QED) is 0.662. The third kappa shape index (κ3) is 2.69. The lowest BCUT2D eigenvalue weighted by Gasteiger charge is -2.20. The van der Waals surface area contributed by atoms with E-state index in [1.807, 2.05) is 36.7 Å². The molecule has 102 valence electrons. The lowest BCUT2D eigenvalue weighted by atomic mass is 10.0. The lowest BCUT2D eigenvalue weighted by Crippen LogP contribution is -2.31. The molecule has 0 saturated carbocycles. The maximum Gasteiger partial charge on any atom is 0.0904 e. The second kappa shape index (κ2) is 6.05. The summed E-state index contributed by atoms with van der Waals surface area (Å²) in [4.78, 5) is 0. The van der Waals surface area contributed by atoms with Gasteiger partial charge in [-0.25, -0.2) is 5.43 Å². The molecule has 0 saturated heterocycles. The summed E-state index contributed by atoms with van der Waals surface area (Å²) in [5.74, 6) is 5.74. The highest BCUT2D eigenvalue weighted by atomic mass is 79.9. The van der Waals surface area contributed by atoms with Crippen molar-refractivity contribution < 1.29 is 0 Å². The first-order chi connectivity index (χ1) is 9.10. The molecule has 0 aliphatic heterocycles. The molecule has 0 amide bonds. The third-order valence-corrected chi connectivity index (χ3v) is 4.23. The van der Waals surface area contributed by atoms with E-state index in [4.69, 9.17) is 17.4 Å². The predicted octanol–water partition coefficient (Wildman–Crippen LogP) is 3.18. The zero-order valence-corrected chi connectivity index (χ0v) is 13.2. The summed E-state index contributed by atoms with van der Waals surface area (Å²) in [5, 5.41) is 5.04. The van der Waals surface area contributed by atoms with E-state index in [0.717, 1.165) is 32.9 Å². The fraction of sp³-hybridized carbons (Fsp3) is 0.308. The first-order valence-electron chi connectivity index (χ1n) is 6.02. The van der Waals surface area contributed by atoms with Crippen LogP contribution < -0.4 is 11.3 Å². The van der Waals surface area contributed by atoms with Crippen LogP contribution in [0.15, 0.2) is 28.9 Å². The number of hydrogen-bond donors (Lipinski definition) is 2. The van der Waals surface area contributed by atoms with Crippen LogP contribution in [-0.2, 0) is 6.54 Å². The molecule has 0 bridgehead atoms. The number of aryl methyl sites for hydroxylation is 2. The molecule has 0 radical (unpaired) electrons. The number of halogens is 2. The SMILES string of the molecule is CCn1ncc(Br)c1C(NN)c1cccc(C)c1Cl. The average molecular weight is 344 g/mol. The van der Waals surface area contributed by atoms with Gasteiger partial charge in [0.25, 0.3) is 0 Å². The molecular formula is C13H16BrClN4. The maximum atomic E-state index is 6.39. The zero-order chi connectivity index (χ0) is 14.0. The summed E-state index contributed by atoms with van der Waals surface area (Å²) >= 11 is 9.91. The van der Waals surface area contributed by atoms with E-state index < -0.39 is 0 Å². The van der Waals surface area contributed by atoms with E-state index in [2.05, 4.69) is 26.5 Å². The molecule has 4 nitrogen and oxygen atoms in total. The van der Waals surface area contributed by atoms with Gasteiger partial charge in [0.2, 0.25) is 0 Å². The minimum Gasteiger partial charge on any atom is -0.271 e. The molecule has 3 N–H and O–H groups in total. The Morgan fingerprint density at radius 1 is 1.53 bits per heavy atom. The number of hydrogen-bond acceptors (Lipinski definition) is 3. The second-order valence-electron chi connectivity index (χ2n) is 4.27. The van der Waals surface area contributed by atoms with Gasteiger partial charge in [-0.1, -0.05) is 29.8 Å². The van der Waals surface area contributed by atoms with E-state index in [1.54, 1.807) is 6.20 Å². The van der Waals surface area contributed by atoms with E-state index in [1.165, 1.54) is 0 Å². The highest BCUT2D eigenvalue weighted by Crippen LogP contribution is 2.33. The van der Waals surface area contributed by atoms with Crippen LogP contribution in [0, 0.1) is 6.92 Å². The number of nitrogens with zero attached hydrogens (tertiary/aromatic N) is 2. The van der Waals surface area contributed by atoms with E-state index in [9.17, 15) is 0 Å². The Balaban J connectivity index is 2.56. The molecule has 1 atom stereocenters. The van der Waals surface area contributed by atoms with Crippen molar-refractivity contribution in [1.82, 2.24) is 15.2 Å². The maximum absolute atomic E-state index is 6.39. The molecule has 0 aliphatic rings. The highest BCUT2D eigenvalue weighted by molar-refractivity contribution is 9.10. The Kier molecular flexibility index (Phi) is 4.62. The molecule has 19 heavy (non-hydrogen) atoms. The van der Waals surface area contributed by atoms with Crippen LogP contribution in [0.3, 0.4) is 0 Å². The molecule has 1 aromatic carbocycles. The Hall–Kier alpha value is -0.880. The van der Waals surface area contributed by atoms with E-state index in [-0.39, 0.29) is 6.04 Å². The normalized spacial score (nSPS) is 12.7. The van der Waals surface area contributed by atoms with Crippen molar-refractivity contribution in [2.45, 2.75) is 26.4 Å². The van der Waals surface area contributed by atoms with Gasteiger partial charge < -0.3 is 0 Å². The molecular weight excluding hydrogens is 328 g/mol. The predicted molar refractivity (Wildman–Crippen MR) is 81.0 cm³/mol. The van der Waals surface area contributed by atoms with Crippen molar-refractivity contribution in [3.05, 3.63) is 50.7 Å². The molecule has 1 aromatic heterocycles. The molecule has 1 heterocycles. The standard InChI is InChI=1S/C13H16BrClN4/c1-3-19-13(10(14)7-17-19)12(18-16)9-6-4-5-8(2)11(9)15/h4-7,12,18H,3,16H2,1-2H3. The second-order valence-corrected chi connectivity index (χ2v) is 5.50. The van der Waals surface area contributed by atoms with Crippen LogP contribution in [-0.4, -0.2) is 9.78 Å². The smallest absolute Gasteiger partial charge is 0.0904 e. The topological polar surface area (TPSA) is 55.9 Å². The Morgan fingerprint density at radius 3 is 2.89 bits per heavy atom. The molecule has 0 spiro atoms. The van der Waals surface area contributed by atoms with Crippen molar-refractivity contribution in [2.75, 3.05) is 0 Å². The van der Waals surface area contributed by atoms with E-state index in [0.29, 0.717) is 0 Å². The van der Waals surface area contributed by atoms with Crippen LogP contribution in [0.1, 0.15) is 29.8 Å². The Morgan fingerprint density at radius 2 is 2.26 bits per heavy atom. The molecule has 0 aliphatic carbocycles. The fourth-order valence-corrected chi connectivity index (χ4v) is 2.88. The number of hydrazine groups is 1. The van der Waals surface area contributed by atoms with Gasteiger partial charge in [-0.2, -0.15) is 5.10 Å². The van der Waals surface area contributed by atoms with Crippen molar-refractivity contribution in [3.63, 3.8) is 0 Å². The van der Waals surface area contributed by atoms with Gasteiger partial charge in [-0.15, -0.1) is 0 Å². The van der Waals surface area contributed by atoms with Crippen molar-refractivity contribution >= 4 is 27.5 Å². The van der Waals surface area contributed by atoms with Gasteiger partial charge >= 0.3 is 0 Å². The van der Waals surface area contributed by atoms with Crippen LogP contribution in [0.4, 0.5) is 0 Å². The lowest BCUT2D eigenvalue weighted by molar-refractivity contribution is 0.542. The van der Waals surface area contributed by atoms with Gasteiger partial charge in [0.1, 0.15) is 0 Å². The summed E-state index contributed by atoms with van der Waals surface area (Å²) in [6, 6.07) is 5.72. The van der Waals surface area contributed by atoms with Crippen molar-refractivity contribution in [2.24, 2.45) is 5.84 Å². The van der Waals surface area contributed by atoms with Crippen LogP contribution in [0.5, 0.6) is 0 Å². The van der Waals surface area contributed by atoms with Gasteiger partial charge in [0.05, 0.1) is 22.4 Å². The number of aromatic nitrogens is 2. The minimum atomic E-state index is -0.204. The first-order valence-corrected chi connectivity index (χ1v) is 7.19. The van der Waals surface area contributed by atoms with Crippen molar-refractivity contribution in [3.8, 4) is 0 Å². The summed E-state index contributed by atoms with van der Waals surface area (Å²) in [5.41, 5.74) is 5.77. The van der Waals surface area contributed by atoms with Crippen molar-refractivity contribution in [1.29, 1.82) is 0 Å². The third-order valence-electron chi connectivity index (χ3n) is 3.11. The molecule has 1 unspecified atom stereocenters. The number of nitrogens with one attached hydrogen (secondary N) is 1. The fourth-order valence-electron chi connectivity index (χ4n) is 2.12. The summed E-state index contributed by atoms with van der Waals surface area (Å²) in [6.45, 7) is 4.78. The summed E-state index contributed by atoms with van der Waals surface area (Å²) < 4.78 is 2.81. The number of nitrogens with two attached hydrogens (primary N) is 1. The number of benzene rings is 1. The number of rotatable bonds is 4. The first kappa shape index (κ1) is 14.5. The summed E-state index contributed by atoms with van der Waals surface area (Å²) in [6.07, 6.45) is 1.77. The van der Waals surface area contributed by atoms with Crippen LogP contribution in [0.2, 0.25) is 5.02 Å². The van der Waals surface area contributed by atoms with Gasteiger partial charge in [-0.05, 0) is 40.9 Å². The van der Waals surface area contributed by atoms with E-state index >= 15 is 0 Å². The zero-order valence-electron chi connectivity index (χ0n) is 10.8. The summed E-state index contributed by atoms with van der Waals surface area (Å²) in [7, 11) is 0. The Bertz CT molecular complexity index is 582. The van der Waals surface area contributed by atoms with Gasteiger partial charge in [-0.3, -0.25) is 10.5 Å². The molecule has 0 fully saturated rings. The van der Waals surface area contributed by atoms with Crippen LogP contribution in [0.25, 0.3) is 0 Å². The van der Waals surface area contributed by atoms with Gasteiger partial charge in [0, 0.05) is 11.6 Å². The largest absolute Gasteiger partial charge is 0.271 e. The Labute approximate surface area is 126 Å². The van der Waals surface area contributed by atoms with Crippen LogP contribution >= 0.6 is 27.5 Å². The molecule has 2 rings (SSSR count). The molecule has 2 aromatic rings. The van der Waals surface area contributed by atoms with Gasteiger partial charge in [0.15, 0.2) is 0 Å². The molecule has 6 heteroatoms.